The zero-order chi connectivity index (χ0) is 15.2. The molecule has 1 amide bonds. The van der Waals surface area contributed by atoms with Gasteiger partial charge in [0.05, 0.1) is 6.54 Å². The lowest BCUT2D eigenvalue weighted by Crippen LogP contribution is -2.31. The van der Waals surface area contributed by atoms with Crippen molar-refractivity contribution in [3.8, 4) is 0 Å². The van der Waals surface area contributed by atoms with Crippen LogP contribution in [-0.2, 0) is 9.59 Å². The van der Waals surface area contributed by atoms with Crippen molar-refractivity contribution < 1.29 is 14.7 Å². The minimum Gasteiger partial charge on any atom is -0.481 e. The van der Waals surface area contributed by atoms with Crippen molar-refractivity contribution in [3.05, 3.63) is 27.8 Å². The molecule has 6 heteroatoms. The summed E-state index contributed by atoms with van der Waals surface area (Å²) in [6.07, 6.45) is 1.89. The lowest BCUT2D eigenvalue weighted by Gasteiger charge is -2.15. The van der Waals surface area contributed by atoms with Gasteiger partial charge in [0.2, 0.25) is 5.91 Å². The van der Waals surface area contributed by atoms with Crippen molar-refractivity contribution in [1.82, 2.24) is 4.90 Å². The van der Waals surface area contributed by atoms with Gasteiger partial charge in [0.25, 0.3) is 0 Å². The van der Waals surface area contributed by atoms with Crippen molar-refractivity contribution in [2.24, 2.45) is 5.92 Å². The molecule has 0 radical (unpaired) electrons. The molecule has 0 saturated carbocycles. The molecule has 0 spiro atoms. The average Bonchev–Trinajstić information content (AvgIpc) is 2.83. The number of carboxylic acid groups (broad SMARTS) is 1. The Kier molecular flexibility index (Phi) is 5.98. The fourth-order valence-electron chi connectivity index (χ4n) is 2.59. The molecule has 21 heavy (non-hydrogen) atoms. The minimum absolute atomic E-state index is 0.0177. The van der Waals surface area contributed by atoms with Crippen molar-refractivity contribution in [2.45, 2.75) is 19.3 Å². The second-order valence-corrected chi connectivity index (χ2v) is 6.63. The summed E-state index contributed by atoms with van der Waals surface area (Å²) in [4.78, 5) is 24.7. The molecule has 1 aromatic rings. The van der Waals surface area contributed by atoms with E-state index in [-0.39, 0.29) is 12.3 Å². The number of nitrogens with zero attached hydrogens (tertiary/aromatic N) is 1. The molecule has 1 aromatic carbocycles. The summed E-state index contributed by atoms with van der Waals surface area (Å²) in [6, 6.07) is 7.69. The Morgan fingerprint density at radius 1 is 1.43 bits per heavy atom. The van der Waals surface area contributed by atoms with E-state index in [1.165, 1.54) is 0 Å². The van der Waals surface area contributed by atoms with E-state index in [4.69, 9.17) is 5.11 Å². The fraction of sp³-hybridized carbons (Fsp3) is 0.467. The molecule has 2 N–H and O–H groups in total. The number of aliphatic carboxylic acids is 1. The molecule has 1 fully saturated rings. The predicted octanol–water partition coefficient (Wildman–Crippen LogP) is 2.42. The molecule has 1 aliphatic heterocycles. The minimum atomic E-state index is -0.745. The highest BCUT2D eigenvalue weighted by atomic mass is 127. The first-order chi connectivity index (χ1) is 10.0. The van der Waals surface area contributed by atoms with Crippen molar-refractivity contribution in [1.29, 1.82) is 0 Å². The molecule has 1 unspecified atom stereocenters. The first-order valence-electron chi connectivity index (χ1n) is 7.02. The second-order valence-electron chi connectivity index (χ2n) is 5.38. The van der Waals surface area contributed by atoms with E-state index in [2.05, 4.69) is 32.8 Å². The lowest BCUT2D eigenvalue weighted by molar-refractivity contribution is -0.137. The summed E-state index contributed by atoms with van der Waals surface area (Å²) in [6.45, 7) is 2.05. The number of carbonyl (C=O) groups excluding carboxylic acids is 1. The van der Waals surface area contributed by atoms with Gasteiger partial charge >= 0.3 is 5.97 Å². The van der Waals surface area contributed by atoms with Gasteiger partial charge in [-0.3, -0.25) is 14.5 Å². The molecule has 1 aliphatic rings. The van der Waals surface area contributed by atoms with E-state index in [0.717, 1.165) is 28.8 Å². The zero-order valence-electron chi connectivity index (χ0n) is 11.7. The maximum Gasteiger partial charge on any atom is 0.303 e. The Hall–Kier alpha value is -1.15. The number of halogens is 1. The average molecular weight is 402 g/mol. The van der Waals surface area contributed by atoms with Crippen LogP contribution in [0.5, 0.6) is 0 Å². The number of hydrogen-bond donors (Lipinski definition) is 2. The topological polar surface area (TPSA) is 69.6 Å². The molecule has 0 aromatic heterocycles. The molecule has 0 aliphatic carbocycles. The smallest absolute Gasteiger partial charge is 0.303 e. The molecule has 1 saturated heterocycles. The number of anilines is 1. The van der Waals surface area contributed by atoms with Crippen LogP contribution < -0.4 is 5.32 Å². The Morgan fingerprint density at radius 3 is 2.95 bits per heavy atom. The quantitative estimate of drug-likeness (QED) is 0.718. The number of rotatable bonds is 6. The van der Waals surface area contributed by atoms with Gasteiger partial charge in [-0.1, -0.05) is 6.07 Å². The lowest BCUT2D eigenvalue weighted by atomic mass is 10.0. The number of benzene rings is 1. The molecule has 1 heterocycles. The number of carboxylic acids is 1. The van der Waals surface area contributed by atoms with Crippen LogP contribution in [0, 0.1) is 9.49 Å². The maximum absolute atomic E-state index is 12.0. The number of hydrogen-bond acceptors (Lipinski definition) is 3. The van der Waals surface area contributed by atoms with E-state index < -0.39 is 5.97 Å². The number of likely N-dealkylation sites (tertiary alicyclic amines) is 1. The van der Waals surface area contributed by atoms with Crippen molar-refractivity contribution in [2.75, 3.05) is 25.0 Å². The van der Waals surface area contributed by atoms with Crippen LogP contribution in [0.4, 0.5) is 5.69 Å². The molecule has 1 atom stereocenters. The third kappa shape index (κ3) is 5.62. The summed E-state index contributed by atoms with van der Waals surface area (Å²) >= 11 is 2.21. The molecule has 5 nitrogen and oxygen atoms in total. The van der Waals surface area contributed by atoms with Crippen LogP contribution in [0.15, 0.2) is 24.3 Å². The van der Waals surface area contributed by atoms with Gasteiger partial charge in [0.15, 0.2) is 0 Å². The van der Waals surface area contributed by atoms with E-state index in [1.54, 1.807) is 0 Å². The number of carbonyl (C=O) groups is 2. The Balaban J connectivity index is 1.75. The van der Waals surface area contributed by atoms with E-state index in [1.807, 2.05) is 24.3 Å². The highest BCUT2D eigenvalue weighted by Gasteiger charge is 2.24. The predicted molar refractivity (Wildman–Crippen MR) is 89.2 cm³/mol. The second kappa shape index (κ2) is 7.74. The maximum atomic E-state index is 12.0. The van der Waals surface area contributed by atoms with Crippen LogP contribution in [0.25, 0.3) is 0 Å². The first kappa shape index (κ1) is 16.2. The third-order valence-corrected chi connectivity index (χ3v) is 4.28. The highest BCUT2D eigenvalue weighted by Crippen LogP contribution is 2.21. The Bertz CT molecular complexity index is 521. The molecule has 114 valence electrons. The Labute approximate surface area is 137 Å². The summed E-state index contributed by atoms with van der Waals surface area (Å²) in [7, 11) is 0. The third-order valence-electron chi connectivity index (χ3n) is 3.61. The fourth-order valence-corrected chi connectivity index (χ4v) is 3.13. The standard InChI is InChI=1S/C15H19IN2O3/c16-12-2-1-3-13(8-12)17-14(19)10-18-7-6-11(9-18)4-5-15(20)21/h1-3,8,11H,4-7,9-10H2,(H,17,19)(H,20,21). The Morgan fingerprint density at radius 2 is 2.24 bits per heavy atom. The monoisotopic (exact) mass is 402 g/mol. The van der Waals surface area contributed by atoms with Crippen LogP contribution >= 0.6 is 22.6 Å². The van der Waals surface area contributed by atoms with Gasteiger partial charge in [0.1, 0.15) is 0 Å². The van der Waals surface area contributed by atoms with Crippen LogP contribution in [0.2, 0.25) is 0 Å². The summed E-state index contributed by atoms with van der Waals surface area (Å²) in [5, 5.41) is 11.6. The zero-order valence-corrected chi connectivity index (χ0v) is 13.9. The van der Waals surface area contributed by atoms with E-state index >= 15 is 0 Å². The molecule has 0 bridgehead atoms. The van der Waals surface area contributed by atoms with Gasteiger partial charge in [-0.05, 0) is 66.1 Å². The first-order valence-corrected chi connectivity index (χ1v) is 8.10. The summed E-state index contributed by atoms with van der Waals surface area (Å²) in [5.74, 6) is -0.368. The van der Waals surface area contributed by atoms with Gasteiger partial charge in [0, 0.05) is 22.2 Å². The molecular weight excluding hydrogens is 383 g/mol. The van der Waals surface area contributed by atoms with Crippen LogP contribution in [0.3, 0.4) is 0 Å². The van der Waals surface area contributed by atoms with Crippen molar-refractivity contribution in [3.63, 3.8) is 0 Å². The van der Waals surface area contributed by atoms with Crippen LogP contribution in [-0.4, -0.2) is 41.5 Å². The van der Waals surface area contributed by atoms with Gasteiger partial charge in [-0.2, -0.15) is 0 Å². The normalized spacial score (nSPS) is 18.6. The molecule has 2 rings (SSSR count). The molecular formula is C15H19IN2O3. The van der Waals surface area contributed by atoms with Crippen molar-refractivity contribution >= 4 is 40.2 Å². The summed E-state index contributed by atoms with van der Waals surface area (Å²) < 4.78 is 1.08. The SMILES string of the molecule is O=C(O)CCC1CCN(CC(=O)Nc2cccc(I)c2)C1. The number of nitrogens with one attached hydrogen (secondary N) is 1. The van der Waals surface area contributed by atoms with E-state index in [9.17, 15) is 9.59 Å². The van der Waals surface area contributed by atoms with Gasteiger partial charge < -0.3 is 10.4 Å². The highest BCUT2D eigenvalue weighted by molar-refractivity contribution is 14.1. The van der Waals surface area contributed by atoms with Gasteiger partial charge in [-0.15, -0.1) is 0 Å². The van der Waals surface area contributed by atoms with Gasteiger partial charge in [-0.25, -0.2) is 0 Å². The number of amides is 1. The van der Waals surface area contributed by atoms with Crippen LogP contribution in [0.1, 0.15) is 19.3 Å². The largest absolute Gasteiger partial charge is 0.481 e. The van der Waals surface area contributed by atoms with E-state index in [0.29, 0.717) is 18.9 Å². The summed E-state index contributed by atoms with van der Waals surface area (Å²) in [5.41, 5.74) is 0.813.